The lowest BCUT2D eigenvalue weighted by Gasteiger charge is -2.22. The lowest BCUT2D eigenvalue weighted by Crippen LogP contribution is -2.45. The molecule has 0 aliphatic carbocycles. The number of hydrogen-bond donors (Lipinski definition) is 2. The molecule has 1 amide bonds. The van der Waals surface area contributed by atoms with E-state index < -0.39 is 16.1 Å². The van der Waals surface area contributed by atoms with E-state index in [0.29, 0.717) is 18.2 Å². The van der Waals surface area contributed by atoms with Crippen molar-refractivity contribution in [3.8, 4) is 0 Å². The Labute approximate surface area is 134 Å². The van der Waals surface area contributed by atoms with Crippen molar-refractivity contribution in [2.24, 2.45) is 0 Å². The van der Waals surface area contributed by atoms with E-state index in [-0.39, 0.29) is 30.5 Å². The van der Waals surface area contributed by atoms with Crippen LogP contribution in [0.15, 0.2) is 29.2 Å². The van der Waals surface area contributed by atoms with E-state index in [1.54, 1.807) is 0 Å². The van der Waals surface area contributed by atoms with Crippen LogP contribution in [-0.4, -0.2) is 53.3 Å². The molecule has 1 heterocycles. The largest absolute Gasteiger partial charge is 0.376 e. The number of hydrogen-bond acceptors (Lipinski definition) is 5. The van der Waals surface area contributed by atoms with Crippen molar-refractivity contribution in [2.75, 3.05) is 32.9 Å². The smallest absolute Gasteiger partial charge is 0.251 e. The number of sulfonamides is 1. The van der Waals surface area contributed by atoms with Gasteiger partial charge in [0.2, 0.25) is 10.0 Å². The van der Waals surface area contributed by atoms with Crippen molar-refractivity contribution in [1.82, 2.24) is 10.0 Å². The molecule has 1 atom stereocenters. The number of benzene rings is 1. The summed E-state index contributed by atoms with van der Waals surface area (Å²) < 4.78 is 36.7. The van der Waals surface area contributed by atoms with Gasteiger partial charge in [0, 0.05) is 18.1 Å². The van der Waals surface area contributed by atoms with E-state index in [1.165, 1.54) is 24.3 Å². The van der Waals surface area contributed by atoms with Crippen molar-refractivity contribution >= 4 is 27.5 Å². The first-order valence-corrected chi connectivity index (χ1v) is 8.57. The predicted octanol–water partition coefficient (Wildman–Crippen LogP) is 0.150. The third-order valence-corrected chi connectivity index (χ3v) is 4.68. The molecule has 0 spiro atoms. The fraction of sp³-hybridized carbons (Fsp3) is 0.462. The molecule has 0 unspecified atom stereocenters. The fourth-order valence-corrected chi connectivity index (χ4v) is 2.98. The van der Waals surface area contributed by atoms with Gasteiger partial charge in [0.05, 0.1) is 24.7 Å². The molecule has 1 aromatic carbocycles. The molecule has 1 aliphatic rings. The van der Waals surface area contributed by atoms with Crippen LogP contribution in [0.3, 0.4) is 0 Å². The summed E-state index contributed by atoms with van der Waals surface area (Å²) in [4.78, 5) is 11.8. The highest BCUT2D eigenvalue weighted by molar-refractivity contribution is 7.89. The van der Waals surface area contributed by atoms with Crippen LogP contribution < -0.4 is 10.0 Å². The van der Waals surface area contributed by atoms with E-state index in [9.17, 15) is 13.2 Å². The molecule has 1 saturated heterocycles. The minimum absolute atomic E-state index is 0.0737. The van der Waals surface area contributed by atoms with Crippen molar-refractivity contribution in [3.05, 3.63) is 29.3 Å². The van der Waals surface area contributed by atoms with Gasteiger partial charge >= 0.3 is 0 Å². The van der Waals surface area contributed by atoms with Gasteiger partial charge in [-0.2, -0.15) is 0 Å². The Balaban J connectivity index is 1.75. The van der Waals surface area contributed by atoms with Crippen molar-refractivity contribution in [1.29, 1.82) is 0 Å². The number of amides is 1. The van der Waals surface area contributed by atoms with Crippen LogP contribution in [0.5, 0.6) is 0 Å². The molecule has 1 fully saturated rings. The quantitative estimate of drug-likeness (QED) is 0.714. The molecule has 2 rings (SSSR count). The SMILES string of the molecule is O=C(NCCNS(=O)(=O)c1ccc(Cl)cc1)[C@H]1COCCO1. The van der Waals surface area contributed by atoms with Gasteiger partial charge < -0.3 is 14.8 Å². The Kier molecular flexibility index (Phi) is 6.16. The molecule has 22 heavy (non-hydrogen) atoms. The van der Waals surface area contributed by atoms with E-state index in [1.807, 2.05) is 0 Å². The number of carbonyl (C=O) groups is 1. The molecule has 0 bridgehead atoms. The average molecular weight is 349 g/mol. The summed E-state index contributed by atoms with van der Waals surface area (Å²) in [5, 5.41) is 3.05. The topological polar surface area (TPSA) is 93.7 Å². The van der Waals surface area contributed by atoms with E-state index in [4.69, 9.17) is 21.1 Å². The number of halogens is 1. The zero-order chi connectivity index (χ0) is 16.0. The molecule has 1 aliphatic heterocycles. The van der Waals surface area contributed by atoms with Crippen LogP contribution in [0, 0.1) is 0 Å². The van der Waals surface area contributed by atoms with E-state index in [0.717, 1.165) is 0 Å². The normalized spacial score (nSPS) is 18.9. The molecule has 1 aromatic rings. The highest BCUT2D eigenvalue weighted by atomic mass is 35.5. The molecule has 9 heteroatoms. The molecule has 0 radical (unpaired) electrons. The molecule has 7 nitrogen and oxygen atoms in total. The maximum atomic E-state index is 12.0. The molecular formula is C13H17ClN2O5S. The Morgan fingerprint density at radius 3 is 2.59 bits per heavy atom. The second kappa shape index (κ2) is 7.89. The van der Waals surface area contributed by atoms with Crippen LogP contribution in [0.4, 0.5) is 0 Å². The second-order valence-corrected chi connectivity index (χ2v) is 6.78. The first kappa shape index (κ1) is 17.2. The van der Waals surface area contributed by atoms with Gasteiger partial charge in [0.15, 0.2) is 6.10 Å². The predicted molar refractivity (Wildman–Crippen MR) is 80.2 cm³/mol. The minimum atomic E-state index is -3.62. The summed E-state index contributed by atoms with van der Waals surface area (Å²) in [7, 11) is -3.62. The average Bonchev–Trinajstić information content (AvgIpc) is 2.52. The molecule has 2 N–H and O–H groups in total. The highest BCUT2D eigenvalue weighted by Crippen LogP contribution is 2.13. The first-order valence-electron chi connectivity index (χ1n) is 6.71. The maximum Gasteiger partial charge on any atom is 0.251 e. The zero-order valence-corrected chi connectivity index (χ0v) is 13.3. The van der Waals surface area contributed by atoms with Crippen molar-refractivity contribution < 1.29 is 22.7 Å². The Morgan fingerprint density at radius 2 is 1.95 bits per heavy atom. The summed E-state index contributed by atoms with van der Waals surface area (Å²) in [5.41, 5.74) is 0. The van der Waals surface area contributed by atoms with Gasteiger partial charge in [-0.15, -0.1) is 0 Å². The minimum Gasteiger partial charge on any atom is -0.376 e. The van der Waals surface area contributed by atoms with Crippen molar-refractivity contribution in [2.45, 2.75) is 11.0 Å². The maximum absolute atomic E-state index is 12.0. The van der Waals surface area contributed by atoms with Crippen LogP contribution >= 0.6 is 11.6 Å². The number of carbonyl (C=O) groups excluding carboxylic acids is 1. The third kappa shape index (κ3) is 4.92. The summed E-state index contributed by atoms with van der Waals surface area (Å²) >= 11 is 5.71. The number of rotatable bonds is 6. The summed E-state index contributed by atoms with van der Waals surface area (Å²) in [6, 6.07) is 5.82. The van der Waals surface area contributed by atoms with Crippen LogP contribution in [-0.2, 0) is 24.3 Å². The molecule has 122 valence electrons. The van der Waals surface area contributed by atoms with Gasteiger partial charge in [-0.1, -0.05) is 11.6 Å². The summed E-state index contributed by atoms with van der Waals surface area (Å²) in [6.07, 6.45) is -0.637. The van der Waals surface area contributed by atoms with E-state index in [2.05, 4.69) is 10.0 Å². The Morgan fingerprint density at radius 1 is 1.23 bits per heavy atom. The highest BCUT2D eigenvalue weighted by Gasteiger charge is 2.22. The van der Waals surface area contributed by atoms with Gasteiger partial charge in [0.25, 0.3) is 5.91 Å². The Bertz CT molecular complexity index is 599. The summed E-state index contributed by atoms with van der Waals surface area (Å²) in [6.45, 7) is 1.30. The standard InChI is InChI=1S/C13H17ClN2O5S/c14-10-1-3-11(4-2-10)22(18,19)16-6-5-15-13(17)12-9-20-7-8-21-12/h1-4,12,16H,5-9H2,(H,15,17)/t12-/m1/s1. The first-order chi connectivity index (χ1) is 10.5. The van der Waals surface area contributed by atoms with Crippen LogP contribution in [0.1, 0.15) is 0 Å². The molecule has 0 saturated carbocycles. The van der Waals surface area contributed by atoms with Crippen molar-refractivity contribution in [3.63, 3.8) is 0 Å². The van der Waals surface area contributed by atoms with Gasteiger partial charge in [-0.05, 0) is 24.3 Å². The third-order valence-electron chi connectivity index (χ3n) is 2.95. The number of nitrogens with one attached hydrogen (secondary N) is 2. The van der Waals surface area contributed by atoms with Gasteiger partial charge in [0.1, 0.15) is 0 Å². The molecule has 0 aromatic heterocycles. The monoisotopic (exact) mass is 348 g/mol. The van der Waals surface area contributed by atoms with Gasteiger partial charge in [-0.25, -0.2) is 13.1 Å². The van der Waals surface area contributed by atoms with Crippen LogP contribution in [0.2, 0.25) is 5.02 Å². The van der Waals surface area contributed by atoms with E-state index >= 15 is 0 Å². The second-order valence-electron chi connectivity index (χ2n) is 4.58. The Hall–Kier alpha value is -1.19. The summed E-state index contributed by atoms with van der Waals surface area (Å²) in [5.74, 6) is -0.314. The number of ether oxygens (including phenoxy) is 2. The lowest BCUT2D eigenvalue weighted by molar-refractivity contribution is -0.147. The lowest BCUT2D eigenvalue weighted by atomic mass is 10.3. The fourth-order valence-electron chi connectivity index (χ4n) is 1.82. The van der Waals surface area contributed by atoms with Gasteiger partial charge in [-0.3, -0.25) is 4.79 Å². The van der Waals surface area contributed by atoms with Crippen LogP contribution in [0.25, 0.3) is 0 Å². The molecular weight excluding hydrogens is 332 g/mol. The zero-order valence-electron chi connectivity index (χ0n) is 11.7.